The molecule has 34 heavy (non-hydrogen) atoms. The number of allylic oxidation sites excluding steroid dienone is 1. The van der Waals surface area contributed by atoms with Gasteiger partial charge in [-0.1, -0.05) is 72.8 Å². The van der Waals surface area contributed by atoms with Crippen molar-refractivity contribution in [1.82, 2.24) is 9.55 Å². The minimum atomic E-state index is 0.632. The van der Waals surface area contributed by atoms with Crippen molar-refractivity contribution in [2.45, 2.75) is 10.9 Å². The molecule has 2 aromatic heterocycles. The van der Waals surface area contributed by atoms with E-state index in [4.69, 9.17) is 0 Å². The van der Waals surface area contributed by atoms with Crippen LogP contribution in [0.25, 0.3) is 38.0 Å². The Bertz CT molecular complexity index is 1700. The highest BCUT2D eigenvalue weighted by Crippen LogP contribution is 2.35. The summed E-state index contributed by atoms with van der Waals surface area (Å²) in [6.07, 6.45) is 4.14. The molecular weight excluding hydrogens is 454 g/mol. The largest absolute Gasteiger partial charge is 0.342 e. The number of hydrogen-bond acceptors (Lipinski definition) is 4. The monoisotopic (exact) mass is 473 g/mol. The normalized spacial score (nSPS) is 11.9. The molecule has 0 fully saturated rings. The Morgan fingerprint density at radius 3 is 2.56 bits per heavy atom. The number of thioether (sulfide) groups is 1. The van der Waals surface area contributed by atoms with E-state index in [-0.39, 0.29) is 0 Å². The first-order chi connectivity index (χ1) is 16.8. The van der Waals surface area contributed by atoms with Gasteiger partial charge in [0.1, 0.15) is 6.07 Å². The second-order valence-electron chi connectivity index (χ2n) is 8.04. The van der Waals surface area contributed by atoms with Crippen molar-refractivity contribution in [3.05, 3.63) is 113 Å². The van der Waals surface area contributed by atoms with E-state index in [2.05, 4.69) is 94.6 Å². The smallest absolute Gasteiger partial charge is 0.156 e. The fraction of sp³-hybridized carbons (Fsp3) is 0.0345. The van der Waals surface area contributed by atoms with Crippen LogP contribution in [0, 0.1) is 11.3 Å². The molecule has 5 heteroatoms. The Balaban J connectivity index is 1.39. The maximum atomic E-state index is 9.89. The number of nitriles is 1. The van der Waals surface area contributed by atoms with Crippen LogP contribution in [0.1, 0.15) is 11.1 Å². The number of fused-ring (bicyclic) bond motifs is 3. The van der Waals surface area contributed by atoms with E-state index in [1.807, 2.05) is 24.3 Å². The zero-order chi connectivity index (χ0) is 22.9. The van der Waals surface area contributed by atoms with Gasteiger partial charge in [0.05, 0.1) is 15.1 Å². The topological polar surface area (TPSA) is 41.6 Å². The highest BCUT2D eigenvalue weighted by Gasteiger charge is 2.12. The van der Waals surface area contributed by atoms with Gasteiger partial charge < -0.3 is 4.57 Å². The Labute approximate surface area is 205 Å². The Morgan fingerprint density at radius 2 is 1.68 bits per heavy atom. The highest BCUT2D eigenvalue weighted by atomic mass is 32.2. The summed E-state index contributed by atoms with van der Waals surface area (Å²) in [6.45, 7) is 0.766. The lowest BCUT2D eigenvalue weighted by Gasteiger charge is -2.09. The van der Waals surface area contributed by atoms with E-state index in [0.29, 0.717) is 4.91 Å². The molecular formula is C29H19N3S2. The number of para-hydroxylation sites is 2. The van der Waals surface area contributed by atoms with Crippen LogP contribution in [0.3, 0.4) is 0 Å². The number of benzene rings is 4. The van der Waals surface area contributed by atoms with Gasteiger partial charge in [-0.3, -0.25) is 0 Å². The van der Waals surface area contributed by atoms with Gasteiger partial charge in [0.15, 0.2) is 4.34 Å². The molecule has 0 unspecified atom stereocenters. The van der Waals surface area contributed by atoms with Gasteiger partial charge in [0.2, 0.25) is 0 Å². The van der Waals surface area contributed by atoms with Crippen LogP contribution in [-0.2, 0) is 6.54 Å². The van der Waals surface area contributed by atoms with Crippen LogP contribution in [0.5, 0.6) is 0 Å². The van der Waals surface area contributed by atoms with Crippen LogP contribution in [-0.4, -0.2) is 9.55 Å². The van der Waals surface area contributed by atoms with Crippen LogP contribution in [0.4, 0.5) is 0 Å². The summed E-state index contributed by atoms with van der Waals surface area (Å²) in [5.41, 5.74) is 4.45. The van der Waals surface area contributed by atoms with E-state index < -0.39 is 0 Å². The van der Waals surface area contributed by atoms with Gasteiger partial charge in [0, 0.05) is 29.2 Å². The fourth-order valence-corrected chi connectivity index (χ4v) is 6.32. The van der Waals surface area contributed by atoms with Gasteiger partial charge in [-0.05, 0) is 52.4 Å². The van der Waals surface area contributed by atoms with E-state index in [0.717, 1.165) is 37.6 Å². The Morgan fingerprint density at radius 1 is 0.912 bits per heavy atom. The van der Waals surface area contributed by atoms with Crippen molar-refractivity contribution in [2.75, 3.05) is 0 Å². The van der Waals surface area contributed by atoms with E-state index >= 15 is 0 Å². The molecule has 0 aliphatic heterocycles. The van der Waals surface area contributed by atoms with Crippen molar-refractivity contribution in [1.29, 1.82) is 5.26 Å². The molecule has 6 rings (SSSR count). The third kappa shape index (κ3) is 3.88. The Hall–Kier alpha value is -3.85. The number of hydrogen-bond donors (Lipinski definition) is 0. The van der Waals surface area contributed by atoms with Crippen molar-refractivity contribution in [2.24, 2.45) is 0 Å². The number of thiazole rings is 1. The maximum Gasteiger partial charge on any atom is 0.156 e. The van der Waals surface area contributed by atoms with Crippen LogP contribution in [0.2, 0.25) is 0 Å². The molecule has 0 saturated heterocycles. The Kier molecular flexibility index (Phi) is 5.38. The molecule has 0 N–H and O–H groups in total. The maximum absolute atomic E-state index is 9.89. The van der Waals surface area contributed by atoms with Gasteiger partial charge in [-0.15, -0.1) is 11.3 Å². The van der Waals surface area contributed by atoms with Crippen molar-refractivity contribution in [3.63, 3.8) is 0 Å². The van der Waals surface area contributed by atoms with Gasteiger partial charge >= 0.3 is 0 Å². The summed E-state index contributed by atoms with van der Waals surface area (Å²) in [4.78, 5) is 5.31. The predicted molar refractivity (Wildman–Crippen MR) is 144 cm³/mol. The third-order valence-electron chi connectivity index (χ3n) is 5.91. The highest BCUT2D eigenvalue weighted by molar-refractivity contribution is 8.05. The number of aromatic nitrogens is 2. The summed E-state index contributed by atoms with van der Waals surface area (Å²) in [5.74, 6) is 0. The number of rotatable bonds is 5. The standard InChI is InChI=1S/C29H19N3S2/c30-17-23(33-29-31-26-13-4-6-15-28(26)34-29)16-22-19-32(27-14-5-3-12-25(22)27)18-21-10-7-9-20-8-1-2-11-24(20)21/h1-16,19H,18H2. The van der Waals surface area contributed by atoms with E-state index in [9.17, 15) is 5.26 Å². The van der Waals surface area contributed by atoms with Crippen molar-refractivity contribution >= 4 is 61.1 Å². The lowest BCUT2D eigenvalue weighted by molar-refractivity contribution is 0.842. The van der Waals surface area contributed by atoms with E-state index in [1.165, 1.54) is 28.1 Å². The average Bonchev–Trinajstić information content (AvgIpc) is 3.45. The zero-order valence-corrected chi connectivity index (χ0v) is 19.8. The van der Waals surface area contributed by atoms with Crippen molar-refractivity contribution < 1.29 is 0 Å². The fourth-order valence-electron chi connectivity index (χ4n) is 4.35. The summed E-state index contributed by atoms with van der Waals surface area (Å²) in [7, 11) is 0. The number of nitrogens with zero attached hydrogens (tertiary/aromatic N) is 3. The van der Waals surface area contributed by atoms with Gasteiger partial charge in [0.25, 0.3) is 0 Å². The lowest BCUT2D eigenvalue weighted by Crippen LogP contribution is -1.98. The molecule has 0 saturated carbocycles. The molecule has 0 aliphatic carbocycles. The molecule has 0 bridgehead atoms. The van der Waals surface area contributed by atoms with Crippen LogP contribution >= 0.6 is 23.1 Å². The molecule has 0 radical (unpaired) electrons. The average molecular weight is 474 g/mol. The summed E-state index contributed by atoms with van der Waals surface area (Å²) >= 11 is 3.05. The summed E-state index contributed by atoms with van der Waals surface area (Å²) in [6, 6.07) is 33.8. The molecule has 0 amide bonds. The van der Waals surface area contributed by atoms with Gasteiger partial charge in [-0.25, -0.2) is 4.98 Å². The van der Waals surface area contributed by atoms with Crippen molar-refractivity contribution in [3.8, 4) is 6.07 Å². The molecule has 0 aliphatic rings. The second kappa shape index (κ2) is 8.83. The molecule has 0 atom stereocenters. The minimum absolute atomic E-state index is 0.632. The van der Waals surface area contributed by atoms with Crippen LogP contribution in [0.15, 0.2) is 106 Å². The quantitative estimate of drug-likeness (QED) is 0.188. The van der Waals surface area contributed by atoms with E-state index in [1.54, 1.807) is 11.3 Å². The molecule has 4 aromatic carbocycles. The summed E-state index contributed by atoms with van der Waals surface area (Å²) < 4.78 is 4.29. The van der Waals surface area contributed by atoms with Crippen LogP contribution < -0.4 is 0 Å². The predicted octanol–water partition coefficient (Wildman–Crippen LogP) is 8.11. The molecule has 0 spiro atoms. The lowest BCUT2D eigenvalue weighted by atomic mass is 10.0. The van der Waals surface area contributed by atoms with Gasteiger partial charge in [-0.2, -0.15) is 5.26 Å². The first-order valence-electron chi connectivity index (χ1n) is 11.0. The minimum Gasteiger partial charge on any atom is -0.342 e. The molecule has 6 aromatic rings. The zero-order valence-electron chi connectivity index (χ0n) is 18.2. The first-order valence-corrected chi connectivity index (χ1v) is 12.6. The second-order valence-corrected chi connectivity index (χ2v) is 10.4. The first kappa shape index (κ1) is 20.7. The summed E-state index contributed by atoms with van der Waals surface area (Å²) in [5, 5.41) is 13.5. The molecule has 162 valence electrons. The SMILES string of the molecule is N#CC(=Cc1cn(Cc2cccc3ccccc23)c2ccccc12)Sc1nc2ccccc2s1. The molecule has 2 heterocycles. The molecule has 3 nitrogen and oxygen atoms in total. The third-order valence-corrected chi connectivity index (χ3v) is 7.93.